The fourth-order valence-electron chi connectivity index (χ4n) is 2.28. The minimum atomic E-state index is -4.80. The van der Waals surface area contributed by atoms with Gasteiger partial charge >= 0.3 is 6.36 Å². The summed E-state index contributed by atoms with van der Waals surface area (Å²) in [5, 5.41) is 0. The number of carbonyl (C=O) groups is 2. The van der Waals surface area contributed by atoms with Crippen molar-refractivity contribution < 1.29 is 27.5 Å². The molecular weight excluding hydrogens is 379 g/mol. The van der Waals surface area contributed by atoms with Crippen LogP contribution in [0.2, 0.25) is 0 Å². The molecule has 2 amide bonds. The number of benzene rings is 2. The number of fused-ring (bicyclic) bond motifs is 1. The molecule has 23 heavy (non-hydrogen) atoms. The van der Waals surface area contributed by atoms with Crippen molar-refractivity contribution in [3.63, 3.8) is 0 Å². The summed E-state index contributed by atoms with van der Waals surface area (Å²) in [6.07, 6.45) is -4.80. The third kappa shape index (κ3) is 2.81. The Bertz CT molecular complexity index is 803. The van der Waals surface area contributed by atoms with Crippen LogP contribution in [0.25, 0.3) is 0 Å². The lowest BCUT2D eigenvalue weighted by molar-refractivity contribution is -0.274. The quantitative estimate of drug-likeness (QED) is 0.729. The maximum Gasteiger partial charge on any atom is 0.573 e. The van der Waals surface area contributed by atoms with E-state index < -0.39 is 23.9 Å². The van der Waals surface area contributed by atoms with E-state index in [1.54, 1.807) is 12.1 Å². The number of carbonyl (C=O) groups excluding carboxylic acids is 2. The zero-order valence-corrected chi connectivity index (χ0v) is 12.8. The Labute approximate surface area is 136 Å². The average Bonchev–Trinajstić information content (AvgIpc) is 2.72. The zero-order chi connectivity index (χ0) is 16.8. The van der Waals surface area contributed by atoms with E-state index in [1.807, 2.05) is 0 Å². The summed E-state index contributed by atoms with van der Waals surface area (Å²) < 4.78 is 40.7. The van der Waals surface area contributed by atoms with Crippen LogP contribution in [0.1, 0.15) is 20.7 Å². The molecule has 0 aliphatic carbocycles. The molecule has 2 aromatic rings. The van der Waals surface area contributed by atoms with Crippen molar-refractivity contribution >= 4 is 33.4 Å². The molecule has 3 rings (SSSR count). The summed E-state index contributed by atoms with van der Waals surface area (Å²) in [5.41, 5.74) is 0.630. The number of rotatable bonds is 2. The number of amides is 2. The van der Waals surface area contributed by atoms with Crippen LogP contribution in [0.5, 0.6) is 5.75 Å². The van der Waals surface area contributed by atoms with Gasteiger partial charge in [0.05, 0.1) is 16.8 Å². The lowest BCUT2D eigenvalue weighted by Crippen LogP contribution is -2.29. The van der Waals surface area contributed by atoms with Gasteiger partial charge < -0.3 is 4.74 Å². The Morgan fingerprint density at radius 1 is 0.957 bits per heavy atom. The van der Waals surface area contributed by atoms with Gasteiger partial charge in [0, 0.05) is 4.47 Å². The molecule has 1 heterocycles. The predicted octanol–water partition coefficient (Wildman–Crippen LogP) is 4.15. The van der Waals surface area contributed by atoms with Crippen molar-refractivity contribution in [1.29, 1.82) is 0 Å². The molecule has 4 nitrogen and oxygen atoms in total. The molecule has 1 aliphatic rings. The molecule has 0 aromatic heterocycles. The number of ether oxygens (including phenoxy) is 1. The van der Waals surface area contributed by atoms with E-state index in [0.717, 1.165) is 17.0 Å². The van der Waals surface area contributed by atoms with Crippen LogP contribution in [-0.4, -0.2) is 18.2 Å². The summed E-state index contributed by atoms with van der Waals surface area (Å²) in [5.74, 6) is -1.50. The lowest BCUT2D eigenvalue weighted by atomic mass is 10.1. The van der Waals surface area contributed by atoms with Gasteiger partial charge in [0.2, 0.25) is 0 Å². The Hall–Kier alpha value is -2.35. The summed E-state index contributed by atoms with van der Waals surface area (Å²) >= 11 is 3.22. The number of hydrogen-bond acceptors (Lipinski definition) is 3. The molecule has 0 atom stereocenters. The molecule has 0 unspecified atom stereocenters. The average molecular weight is 386 g/mol. The zero-order valence-electron chi connectivity index (χ0n) is 11.2. The van der Waals surface area contributed by atoms with E-state index in [0.29, 0.717) is 4.47 Å². The number of imide groups is 1. The number of alkyl halides is 3. The largest absolute Gasteiger partial charge is 0.573 e. The van der Waals surface area contributed by atoms with E-state index >= 15 is 0 Å². The number of nitrogens with zero attached hydrogens (tertiary/aromatic N) is 1. The SMILES string of the molecule is O=C1c2cccc(Br)c2C(=O)N1c1ccc(OC(F)(F)F)cc1. The Morgan fingerprint density at radius 3 is 2.17 bits per heavy atom. The summed E-state index contributed by atoms with van der Waals surface area (Å²) in [6.45, 7) is 0. The molecule has 0 saturated carbocycles. The predicted molar refractivity (Wildman–Crippen MR) is 78.4 cm³/mol. The maximum absolute atomic E-state index is 12.4. The molecule has 0 fully saturated rings. The summed E-state index contributed by atoms with van der Waals surface area (Å²) in [6, 6.07) is 9.29. The van der Waals surface area contributed by atoms with Crippen LogP contribution >= 0.6 is 15.9 Å². The van der Waals surface area contributed by atoms with Gasteiger partial charge in [-0.1, -0.05) is 6.07 Å². The summed E-state index contributed by atoms with van der Waals surface area (Å²) in [7, 11) is 0. The fraction of sp³-hybridized carbons (Fsp3) is 0.0667. The molecular formula is C15H7BrF3NO3. The third-order valence-corrected chi connectivity index (χ3v) is 3.85. The van der Waals surface area contributed by atoms with Gasteiger partial charge in [0.15, 0.2) is 0 Å². The van der Waals surface area contributed by atoms with E-state index in [-0.39, 0.29) is 16.8 Å². The minimum absolute atomic E-state index is 0.164. The van der Waals surface area contributed by atoms with Crippen molar-refractivity contribution in [1.82, 2.24) is 0 Å². The number of halogens is 4. The molecule has 8 heteroatoms. The van der Waals surface area contributed by atoms with Crippen LogP contribution in [0.15, 0.2) is 46.9 Å². The van der Waals surface area contributed by atoms with Crippen LogP contribution in [0.3, 0.4) is 0 Å². The first-order valence-corrected chi connectivity index (χ1v) is 7.10. The molecule has 0 N–H and O–H groups in total. The first-order valence-electron chi connectivity index (χ1n) is 6.31. The van der Waals surface area contributed by atoms with Gasteiger partial charge in [0.25, 0.3) is 11.8 Å². The van der Waals surface area contributed by atoms with Gasteiger partial charge in [-0.05, 0) is 52.3 Å². The normalized spacial score (nSPS) is 14.2. The first-order chi connectivity index (χ1) is 10.8. The second-order valence-corrected chi connectivity index (χ2v) is 5.50. The molecule has 2 aromatic carbocycles. The van der Waals surface area contributed by atoms with Crippen LogP contribution in [-0.2, 0) is 0 Å². The smallest absolute Gasteiger partial charge is 0.406 e. The van der Waals surface area contributed by atoms with Crippen LogP contribution in [0.4, 0.5) is 18.9 Å². The minimum Gasteiger partial charge on any atom is -0.406 e. The highest BCUT2D eigenvalue weighted by molar-refractivity contribution is 9.10. The van der Waals surface area contributed by atoms with Gasteiger partial charge in [-0.15, -0.1) is 13.2 Å². The third-order valence-electron chi connectivity index (χ3n) is 3.19. The van der Waals surface area contributed by atoms with E-state index in [2.05, 4.69) is 20.7 Å². The van der Waals surface area contributed by atoms with E-state index in [9.17, 15) is 22.8 Å². The molecule has 0 saturated heterocycles. The molecule has 0 bridgehead atoms. The van der Waals surface area contributed by atoms with Crippen molar-refractivity contribution in [2.45, 2.75) is 6.36 Å². The van der Waals surface area contributed by atoms with Crippen molar-refractivity contribution in [2.24, 2.45) is 0 Å². The number of anilines is 1. The highest BCUT2D eigenvalue weighted by Crippen LogP contribution is 2.34. The Kier molecular flexibility index (Phi) is 3.63. The lowest BCUT2D eigenvalue weighted by Gasteiger charge is -2.15. The topological polar surface area (TPSA) is 46.6 Å². The molecule has 0 spiro atoms. The molecule has 118 valence electrons. The first kappa shape index (κ1) is 15.5. The Balaban J connectivity index is 1.93. The second-order valence-electron chi connectivity index (χ2n) is 4.65. The highest BCUT2D eigenvalue weighted by Gasteiger charge is 2.38. The number of hydrogen-bond donors (Lipinski definition) is 0. The van der Waals surface area contributed by atoms with E-state index in [4.69, 9.17) is 0 Å². The van der Waals surface area contributed by atoms with Gasteiger partial charge in [0.1, 0.15) is 5.75 Å². The maximum atomic E-state index is 12.4. The fourth-order valence-corrected chi connectivity index (χ4v) is 2.81. The van der Waals surface area contributed by atoms with Crippen LogP contribution < -0.4 is 9.64 Å². The van der Waals surface area contributed by atoms with Crippen molar-refractivity contribution in [3.8, 4) is 5.75 Å². The Morgan fingerprint density at radius 2 is 1.61 bits per heavy atom. The highest BCUT2D eigenvalue weighted by atomic mass is 79.9. The molecule has 1 aliphatic heterocycles. The standard InChI is InChI=1S/C15H7BrF3NO3/c16-11-3-1-2-10-12(11)14(22)20(13(10)21)8-4-6-9(7-5-8)23-15(17,18)19/h1-7H. The summed E-state index contributed by atoms with van der Waals surface area (Å²) in [4.78, 5) is 25.7. The second kappa shape index (κ2) is 5.38. The van der Waals surface area contributed by atoms with Crippen molar-refractivity contribution in [3.05, 3.63) is 58.1 Å². The van der Waals surface area contributed by atoms with Gasteiger partial charge in [-0.2, -0.15) is 0 Å². The monoisotopic (exact) mass is 385 g/mol. The van der Waals surface area contributed by atoms with E-state index in [1.165, 1.54) is 18.2 Å². The molecule has 0 radical (unpaired) electrons. The van der Waals surface area contributed by atoms with Gasteiger partial charge in [-0.3, -0.25) is 9.59 Å². The van der Waals surface area contributed by atoms with Crippen molar-refractivity contribution in [2.75, 3.05) is 4.90 Å². The van der Waals surface area contributed by atoms with Gasteiger partial charge in [-0.25, -0.2) is 4.90 Å². The van der Waals surface area contributed by atoms with Crippen LogP contribution in [0, 0.1) is 0 Å².